The molecule has 1 amide bonds. The van der Waals surface area contributed by atoms with Crippen molar-refractivity contribution in [3.8, 4) is 0 Å². The third-order valence-corrected chi connectivity index (χ3v) is 4.51. The first-order valence-electron chi connectivity index (χ1n) is 6.99. The molecule has 0 saturated carbocycles. The number of amides is 1. The fourth-order valence-electron chi connectivity index (χ4n) is 2.16. The van der Waals surface area contributed by atoms with Crippen molar-refractivity contribution in [2.45, 2.75) is 33.1 Å². The van der Waals surface area contributed by atoms with Gasteiger partial charge in [0.05, 0.1) is 5.56 Å². The van der Waals surface area contributed by atoms with E-state index in [4.69, 9.17) is 5.73 Å². The minimum absolute atomic E-state index is 0.00655. The van der Waals surface area contributed by atoms with Gasteiger partial charge in [-0.1, -0.05) is 11.3 Å². The molecule has 24 heavy (non-hydrogen) atoms. The largest absolute Gasteiger partial charge is 0.416 e. The normalized spacial score (nSPS) is 11.6. The van der Waals surface area contributed by atoms with Crippen LogP contribution in [0.4, 0.5) is 18.9 Å². The number of rotatable bonds is 4. The van der Waals surface area contributed by atoms with Crippen LogP contribution in [0.3, 0.4) is 0 Å². The molecule has 0 saturated heterocycles. The van der Waals surface area contributed by atoms with Gasteiger partial charge in [0.1, 0.15) is 6.54 Å². The van der Waals surface area contributed by atoms with Crippen LogP contribution in [0.15, 0.2) is 23.0 Å². The molecule has 0 unspecified atom stereocenters. The number of anilines is 1. The molecule has 0 fully saturated rings. The Morgan fingerprint density at radius 2 is 1.96 bits per heavy atom. The molecule has 0 spiro atoms. The maximum atomic E-state index is 12.9. The van der Waals surface area contributed by atoms with E-state index in [-0.39, 0.29) is 29.2 Å². The first-order valence-corrected chi connectivity index (χ1v) is 7.81. The predicted molar refractivity (Wildman–Crippen MR) is 86.0 cm³/mol. The Labute approximate surface area is 139 Å². The van der Waals surface area contributed by atoms with Crippen molar-refractivity contribution in [1.29, 1.82) is 0 Å². The van der Waals surface area contributed by atoms with Crippen LogP contribution < -0.4 is 15.9 Å². The Morgan fingerprint density at radius 3 is 2.46 bits per heavy atom. The zero-order valence-corrected chi connectivity index (χ0v) is 13.8. The maximum absolute atomic E-state index is 12.9. The molecule has 0 aliphatic heterocycles. The topological polar surface area (TPSA) is 77.1 Å². The first kappa shape index (κ1) is 18.2. The summed E-state index contributed by atoms with van der Waals surface area (Å²) in [7, 11) is 0. The fraction of sp³-hybridized carbons (Fsp3) is 0.333. The molecule has 9 heteroatoms. The van der Waals surface area contributed by atoms with Gasteiger partial charge in [-0.25, -0.2) is 0 Å². The highest BCUT2D eigenvalue weighted by molar-refractivity contribution is 7.09. The highest BCUT2D eigenvalue weighted by atomic mass is 32.1. The fourth-order valence-corrected chi connectivity index (χ4v) is 2.99. The highest BCUT2D eigenvalue weighted by Gasteiger charge is 2.31. The van der Waals surface area contributed by atoms with E-state index >= 15 is 0 Å². The number of aryl methyl sites for hydroxylation is 1. The Hall–Kier alpha value is -2.13. The van der Waals surface area contributed by atoms with Gasteiger partial charge in [0, 0.05) is 22.8 Å². The van der Waals surface area contributed by atoms with Gasteiger partial charge in [0.25, 0.3) is 0 Å². The van der Waals surface area contributed by atoms with Gasteiger partial charge in [-0.05, 0) is 37.6 Å². The average Bonchev–Trinajstić information content (AvgIpc) is 2.72. The van der Waals surface area contributed by atoms with Crippen LogP contribution in [0, 0.1) is 13.8 Å². The van der Waals surface area contributed by atoms with Gasteiger partial charge in [-0.3, -0.25) is 14.2 Å². The molecule has 0 aliphatic rings. The number of nitrogens with two attached hydrogens (primary N) is 1. The average molecular weight is 359 g/mol. The van der Waals surface area contributed by atoms with E-state index in [0.29, 0.717) is 5.69 Å². The van der Waals surface area contributed by atoms with Gasteiger partial charge >= 0.3 is 11.0 Å². The van der Waals surface area contributed by atoms with Crippen LogP contribution in [-0.4, -0.2) is 10.5 Å². The number of nitrogens with zero attached hydrogens (tertiary/aromatic N) is 1. The summed E-state index contributed by atoms with van der Waals surface area (Å²) in [5, 5.41) is 2.39. The summed E-state index contributed by atoms with van der Waals surface area (Å²) in [6.07, 6.45) is -4.54. The number of thiazole rings is 1. The lowest BCUT2D eigenvalue weighted by Gasteiger charge is -2.13. The third kappa shape index (κ3) is 4.04. The Morgan fingerprint density at radius 1 is 1.29 bits per heavy atom. The Kier molecular flexibility index (Phi) is 5.14. The second-order valence-electron chi connectivity index (χ2n) is 5.26. The van der Waals surface area contributed by atoms with Gasteiger partial charge in [-0.15, -0.1) is 0 Å². The molecule has 0 bridgehead atoms. The number of aromatic nitrogens is 1. The number of hydrogen-bond acceptors (Lipinski definition) is 4. The van der Waals surface area contributed by atoms with Gasteiger partial charge in [-0.2, -0.15) is 13.2 Å². The number of hydrogen-bond donors (Lipinski definition) is 2. The van der Waals surface area contributed by atoms with E-state index in [1.807, 2.05) is 0 Å². The molecule has 2 aromatic rings. The van der Waals surface area contributed by atoms with E-state index in [2.05, 4.69) is 5.32 Å². The molecule has 0 radical (unpaired) electrons. The standard InChI is InChI=1S/C15H16F3N3O2S/c1-8-9(2)24-14(23)21(8)7-13(22)20-12-4-10(6-19)3-11(5-12)15(16,17)18/h3-5H,6-7,19H2,1-2H3,(H,20,22). The third-order valence-electron chi connectivity index (χ3n) is 3.52. The SMILES string of the molecule is Cc1sc(=O)n(CC(=O)Nc2cc(CN)cc(C(F)(F)F)c2)c1C. The van der Waals surface area contributed by atoms with Crippen molar-refractivity contribution in [2.24, 2.45) is 5.73 Å². The highest BCUT2D eigenvalue weighted by Crippen LogP contribution is 2.32. The lowest BCUT2D eigenvalue weighted by Crippen LogP contribution is -2.25. The molecule has 5 nitrogen and oxygen atoms in total. The van der Waals surface area contributed by atoms with E-state index in [9.17, 15) is 22.8 Å². The minimum atomic E-state index is -4.54. The molecule has 0 aliphatic carbocycles. The van der Waals surface area contributed by atoms with Gasteiger partial charge in [0.2, 0.25) is 5.91 Å². The Bertz CT molecular complexity index is 824. The molecule has 1 aromatic heterocycles. The minimum Gasteiger partial charge on any atom is -0.326 e. The summed E-state index contributed by atoms with van der Waals surface area (Å²) in [5.41, 5.74) is 5.42. The van der Waals surface area contributed by atoms with Crippen LogP contribution >= 0.6 is 11.3 Å². The van der Waals surface area contributed by atoms with E-state index in [1.165, 1.54) is 10.6 Å². The molecule has 3 N–H and O–H groups in total. The first-order chi connectivity index (χ1) is 11.1. The van der Waals surface area contributed by atoms with Gasteiger partial charge < -0.3 is 11.1 Å². The smallest absolute Gasteiger partial charge is 0.326 e. The molecule has 2 rings (SSSR count). The van der Waals surface area contributed by atoms with Crippen molar-refractivity contribution < 1.29 is 18.0 Å². The van der Waals surface area contributed by atoms with Crippen LogP contribution in [0.1, 0.15) is 21.7 Å². The van der Waals surface area contributed by atoms with E-state index in [0.717, 1.165) is 28.3 Å². The molecule has 130 valence electrons. The number of benzene rings is 1. The molecular weight excluding hydrogens is 343 g/mol. The monoisotopic (exact) mass is 359 g/mol. The predicted octanol–water partition coefficient (Wildman–Crippen LogP) is 2.64. The van der Waals surface area contributed by atoms with Crippen molar-refractivity contribution in [1.82, 2.24) is 4.57 Å². The number of carbonyl (C=O) groups excluding carboxylic acids is 1. The summed E-state index contributed by atoms with van der Waals surface area (Å²) in [4.78, 5) is 24.4. The van der Waals surface area contributed by atoms with Crippen LogP contribution in [0.25, 0.3) is 0 Å². The number of halogens is 3. The molecule has 1 aromatic carbocycles. The zero-order chi connectivity index (χ0) is 18.1. The van der Waals surface area contributed by atoms with E-state index in [1.54, 1.807) is 13.8 Å². The quantitative estimate of drug-likeness (QED) is 0.881. The second-order valence-corrected chi connectivity index (χ2v) is 6.43. The summed E-state index contributed by atoms with van der Waals surface area (Å²) < 4.78 is 39.9. The number of alkyl halides is 3. The molecule has 1 heterocycles. The van der Waals surface area contributed by atoms with Crippen LogP contribution in [0.2, 0.25) is 0 Å². The lowest BCUT2D eigenvalue weighted by atomic mass is 10.1. The van der Waals surface area contributed by atoms with Gasteiger partial charge in [0.15, 0.2) is 0 Å². The summed E-state index contributed by atoms with van der Waals surface area (Å²) in [5.74, 6) is -0.583. The maximum Gasteiger partial charge on any atom is 0.416 e. The summed E-state index contributed by atoms with van der Waals surface area (Å²) >= 11 is 1.02. The van der Waals surface area contributed by atoms with Crippen molar-refractivity contribution in [3.05, 3.63) is 49.6 Å². The molecule has 0 atom stereocenters. The lowest BCUT2D eigenvalue weighted by molar-refractivity contribution is -0.137. The van der Waals surface area contributed by atoms with Crippen molar-refractivity contribution in [2.75, 3.05) is 5.32 Å². The summed E-state index contributed by atoms with van der Waals surface area (Å²) in [6.45, 7) is 3.12. The second kappa shape index (κ2) is 6.78. The van der Waals surface area contributed by atoms with Crippen LogP contribution in [-0.2, 0) is 24.1 Å². The van der Waals surface area contributed by atoms with Crippen molar-refractivity contribution >= 4 is 22.9 Å². The Balaban J connectivity index is 2.24. The summed E-state index contributed by atoms with van der Waals surface area (Å²) in [6, 6.07) is 3.15. The molecular formula is C15H16F3N3O2S. The number of carbonyl (C=O) groups is 1. The zero-order valence-electron chi connectivity index (χ0n) is 13.0. The van der Waals surface area contributed by atoms with E-state index < -0.39 is 17.6 Å². The van der Waals surface area contributed by atoms with Crippen LogP contribution in [0.5, 0.6) is 0 Å². The number of nitrogens with one attached hydrogen (secondary N) is 1. The van der Waals surface area contributed by atoms with Crippen molar-refractivity contribution in [3.63, 3.8) is 0 Å².